The average Bonchev–Trinajstić information content (AvgIpc) is 2.50. The van der Waals surface area contributed by atoms with Crippen molar-refractivity contribution in [1.82, 2.24) is 5.32 Å². The third-order valence-corrected chi connectivity index (χ3v) is 4.42. The molecule has 0 spiro atoms. The molecule has 1 unspecified atom stereocenters. The van der Waals surface area contributed by atoms with Crippen molar-refractivity contribution in [3.8, 4) is 0 Å². The first-order valence-electron chi connectivity index (χ1n) is 7.43. The average molecular weight is 367 g/mol. The van der Waals surface area contributed by atoms with Crippen molar-refractivity contribution in [2.24, 2.45) is 0 Å². The van der Waals surface area contributed by atoms with Crippen molar-refractivity contribution in [1.29, 1.82) is 0 Å². The summed E-state index contributed by atoms with van der Waals surface area (Å²) in [6.45, 7) is 3.08. The SMILES string of the molecule is CCNC(CCCc1ccccc1)c1cc(Br)ccc1Cl. The van der Waals surface area contributed by atoms with Crippen molar-refractivity contribution in [2.75, 3.05) is 6.54 Å². The summed E-state index contributed by atoms with van der Waals surface area (Å²) in [5.41, 5.74) is 2.58. The van der Waals surface area contributed by atoms with Gasteiger partial charge in [0.15, 0.2) is 0 Å². The van der Waals surface area contributed by atoms with Crippen LogP contribution >= 0.6 is 27.5 Å². The van der Waals surface area contributed by atoms with Crippen LogP contribution in [0.3, 0.4) is 0 Å². The Labute approximate surface area is 140 Å². The van der Waals surface area contributed by atoms with Gasteiger partial charge in [0.2, 0.25) is 0 Å². The molecule has 0 saturated heterocycles. The maximum absolute atomic E-state index is 6.36. The second kappa shape index (κ2) is 8.57. The molecule has 0 aromatic heterocycles. The number of hydrogen-bond acceptors (Lipinski definition) is 1. The predicted octanol–water partition coefficient (Wildman–Crippen LogP) is 5.78. The summed E-state index contributed by atoms with van der Waals surface area (Å²) in [6.07, 6.45) is 3.33. The van der Waals surface area contributed by atoms with E-state index in [-0.39, 0.29) is 0 Å². The molecule has 1 atom stereocenters. The molecular formula is C18H21BrClN. The highest BCUT2D eigenvalue weighted by molar-refractivity contribution is 9.10. The van der Waals surface area contributed by atoms with E-state index in [9.17, 15) is 0 Å². The Kier molecular flexibility index (Phi) is 6.75. The molecule has 2 aromatic carbocycles. The summed E-state index contributed by atoms with van der Waals surface area (Å²) >= 11 is 9.90. The number of benzene rings is 2. The highest BCUT2D eigenvalue weighted by Gasteiger charge is 2.14. The molecule has 0 bridgehead atoms. The van der Waals surface area contributed by atoms with Crippen LogP contribution in [0.25, 0.3) is 0 Å². The van der Waals surface area contributed by atoms with Crippen molar-refractivity contribution < 1.29 is 0 Å². The molecule has 0 heterocycles. The van der Waals surface area contributed by atoms with E-state index in [0.29, 0.717) is 6.04 Å². The van der Waals surface area contributed by atoms with E-state index in [1.807, 2.05) is 12.1 Å². The van der Waals surface area contributed by atoms with Crippen LogP contribution in [0, 0.1) is 0 Å². The van der Waals surface area contributed by atoms with Crippen LogP contribution in [0.5, 0.6) is 0 Å². The molecule has 0 amide bonds. The molecule has 21 heavy (non-hydrogen) atoms. The van der Waals surface area contributed by atoms with Gasteiger partial charge in [0.1, 0.15) is 0 Å². The van der Waals surface area contributed by atoms with Gasteiger partial charge in [0.25, 0.3) is 0 Å². The summed E-state index contributed by atoms with van der Waals surface area (Å²) in [7, 11) is 0. The Morgan fingerprint density at radius 3 is 2.62 bits per heavy atom. The van der Waals surface area contributed by atoms with Gasteiger partial charge < -0.3 is 5.32 Å². The number of nitrogens with one attached hydrogen (secondary N) is 1. The zero-order valence-corrected chi connectivity index (χ0v) is 14.6. The van der Waals surface area contributed by atoms with Gasteiger partial charge in [0.05, 0.1) is 0 Å². The highest BCUT2D eigenvalue weighted by Crippen LogP contribution is 2.29. The van der Waals surface area contributed by atoms with Crippen molar-refractivity contribution in [2.45, 2.75) is 32.2 Å². The Morgan fingerprint density at radius 1 is 1.14 bits per heavy atom. The lowest BCUT2D eigenvalue weighted by Gasteiger charge is -2.20. The van der Waals surface area contributed by atoms with E-state index >= 15 is 0 Å². The molecule has 1 nitrogen and oxygen atoms in total. The molecule has 2 aromatic rings. The smallest absolute Gasteiger partial charge is 0.0454 e. The summed E-state index contributed by atoms with van der Waals surface area (Å²) in [6, 6.07) is 17.0. The summed E-state index contributed by atoms with van der Waals surface area (Å²) in [4.78, 5) is 0. The first-order chi connectivity index (χ1) is 10.2. The lowest BCUT2D eigenvalue weighted by atomic mass is 9.99. The van der Waals surface area contributed by atoms with E-state index in [0.717, 1.165) is 35.3 Å². The number of halogens is 2. The normalized spacial score (nSPS) is 12.3. The minimum atomic E-state index is 0.309. The Hall–Kier alpha value is -0.830. The fraction of sp³-hybridized carbons (Fsp3) is 0.333. The van der Waals surface area contributed by atoms with Crippen molar-refractivity contribution in [3.63, 3.8) is 0 Å². The van der Waals surface area contributed by atoms with Crippen LogP contribution in [0.1, 0.15) is 36.9 Å². The number of rotatable bonds is 7. The third-order valence-electron chi connectivity index (χ3n) is 3.59. The van der Waals surface area contributed by atoms with E-state index in [2.05, 4.69) is 64.6 Å². The van der Waals surface area contributed by atoms with E-state index in [1.54, 1.807) is 0 Å². The zero-order valence-electron chi connectivity index (χ0n) is 12.3. The zero-order chi connectivity index (χ0) is 15.1. The standard InChI is InChI=1S/C18H21BrClN/c1-2-21-18(16-13-15(19)11-12-17(16)20)10-6-9-14-7-4-3-5-8-14/h3-5,7-8,11-13,18,21H,2,6,9-10H2,1H3. The number of aryl methyl sites for hydroxylation is 1. The maximum Gasteiger partial charge on any atom is 0.0454 e. The van der Waals surface area contributed by atoms with Crippen molar-refractivity contribution >= 4 is 27.5 Å². The Balaban J connectivity index is 2.00. The lowest BCUT2D eigenvalue weighted by molar-refractivity contribution is 0.498. The molecule has 0 radical (unpaired) electrons. The van der Waals surface area contributed by atoms with Gasteiger partial charge in [-0.15, -0.1) is 0 Å². The van der Waals surface area contributed by atoms with Crippen LogP contribution in [0.2, 0.25) is 5.02 Å². The van der Waals surface area contributed by atoms with Gasteiger partial charge in [-0.3, -0.25) is 0 Å². The van der Waals surface area contributed by atoms with Crippen LogP contribution in [0.4, 0.5) is 0 Å². The van der Waals surface area contributed by atoms with Gasteiger partial charge in [0, 0.05) is 15.5 Å². The molecular weight excluding hydrogens is 346 g/mol. The van der Waals surface area contributed by atoms with E-state index in [1.165, 1.54) is 11.1 Å². The molecule has 1 N–H and O–H groups in total. The van der Waals surface area contributed by atoms with Gasteiger partial charge >= 0.3 is 0 Å². The van der Waals surface area contributed by atoms with Crippen LogP contribution in [0.15, 0.2) is 53.0 Å². The molecule has 0 fully saturated rings. The molecule has 2 rings (SSSR count). The molecule has 0 aliphatic rings. The van der Waals surface area contributed by atoms with Gasteiger partial charge in [-0.2, -0.15) is 0 Å². The quantitative estimate of drug-likeness (QED) is 0.655. The Bertz CT molecular complexity index is 556. The fourth-order valence-electron chi connectivity index (χ4n) is 2.55. The third kappa shape index (κ3) is 5.14. The first-order valence-corrected chi connectivity index (χ1v) is 8.60. The van der Waals surface area contributed by atoms with E-state index in [4.69, 9.17) is 11.6 Å². The largest absolute Gasteiger partial charge is 0.310 e. The molecule has 112 valence electrons. The Morgan fingerprint density at radius 2 is 1.90 bits per heavy atom. The minimum absolute atomic E-state index is 0.309. The number of hydrogen-bond donors (Lipinski definition) is 1. The first kappa shape index (κ1) is 16.5. The van der Waals surface area contributed by atoms with Gasteiger partial charge in [-0.05, 0) is 55.1 Å². The van der Waals surface area contributed by atoms with Crippen LogP contribution in [-0.4, -0.2) is 6.54 Å². The molecule has 0 saturated carbocycles. The molecule has 0 aliphatic carbocycles. The highest BCUT2D eigenvalue weighted by atomic mass is 79.9. The van der Waals surface area contributed by atoms with Crippen LogP contribution < -0.4 is 5.32 Å². The fourth-order valence-corrected chi connectivity index (χ4v) is 3.18. The summed E-state index contributed by atoms with van der Waals surface area (Å²) in [5.74, 6) is 0. The van der Waals surface area contributed by atoms with Gasteiger partial charge in [-0.25, -0.2) is 0 Å². The predicted molar refractivity (Wildman–Crippen MR) is 94.9 cm³/mol. The minimum Gasteiger partial charge on any atom is -0.310 e. The monoisotopic (exact) mass is 365 g/mol. The second-order valence-corrected chi connectivity index (χ2v) is 6.48. The van der Waals surface area contributed by atoms with Gasteiger partial charge in [-0.1, -0.05) is 64.8 Å². The van der Waals surface area contributed by atoms with Crippen LogP contribution in [-0.2, 0) is 6.42 Å². The molecule has 3 heteroatoms. The molecule has 0 aliphatic heterocycles. The lowest BCUT2D eigenvalue weighted by Crippen LogP contribution is -2.21. The van der Waals surface area contributed by atoms with E-state index < -0.39 is 0 Å². The summed E-state index contributed by atoms with van der Waals surface area (Å²) in [5, 5.41) is 4.38. The maximum atomic E-state index is 6.36. The van der Waals surface area contributed by atoms with Crippen molar-refractivity contribution in [3.05, 3.63) is 69.2 Å². The summed E-state index contributed by atoms with van der Waals surface area (Å²) < 4.78 is 1.08. The topological polar surface area (TPSA) is 12.0 Å². The second-order valence-electron chi connectivity index (χ2n) is 5.15.